The first kappa shape index (κ1) is 19.6. The highest BCUT2D eigenvalue weighted by Crippen LogP contribution is 2.21. The zero-order chi connectivity index (χ0) is 19.8. The van der Waals surface area contributed by atoms with Crippen molar-refractivity contribution in [2.24, 2.45) is 0 Å². The van der Waals surface area contributed by atoms with Gasteiger partial charge in [0.2, 0.25) is 11.8 Å². The van der Waals surface area contributed by atoms with Crippen molar-refractivity contribution in [2.75, 3.05) is 24.5 Å². The van der Waals surface area contributed by atoms with Gasteiger partial charge in [0.25, 0.3) is 5.91 Å². The van der Waals surface area contributed by atoms with Crippen LogP contribution in [0.4, 0.5) is 5.69 Å². The van der Waals surface area contributed by atoms with Crippen LogP contribution >= 0.6 is 0 Å². The summed E-state index contributed by atoms with van der Waals surface area (Å²) in [4.78, 5) is 37.6. The normalized spacial score (nSPS) is 13.4. The number of nitrogens with zero attached hydrogens (tertiary/aromatic N) is 1. The summed E-state index contributed by atoms with van der Waals surface area (Å²) < 4.78 is 0. The molecular formula is C22H25N3O3. The molecule has 0 radical (unpaired) electrons. The molecule has 0 unspecified atom stereocenters. The Balaban J connectivity index is 1.37. The van der Waals surface area contributed by atoms with Gasteiger partial charge < -0.3 is 15.5 Å². The molecule has 3 amide bonds. The summed E-state index contributed by atoms with van der Waals surface area (Å²) in [5, 5.41) is 5.44. The van der Waals surface area contributed by atoms with Gasteiger partial charge in [-0.05, 0) is 49.1 Å². The van der Waals surface area contributed by atoms with E-state index in [1.54, 1.807) is 29.2 Å². The summed E-state index contributed by atoms with van der Waals surface area (Å²) in [6.07, 6.45) is 3.18. The molecule has 0 saturated carbocycles. The molecule has 0 spiro atoms. The fourth-order valence-corrected chi connectivity index (χ4v) is 3.20. The molecule has 2 N–H and O–H groups in total. The molecule has 0 bridgehead atoms. The number of benzene rings is 2. The maximum atomic E-state index is 12.2. The minimum atomic E-state index is -0.307. The number of amides is 3. The third kappa shape index (κ3) is 5.42. The topological polar surface area (TPSA) is 78.5 Å². The fourth-order valence-electron chi connectivity index (χ4n) is 3.20. The van der Waals surface area contributed by atoms with Crippen molar-refractivity contribution in [1.82, 2.24) is 10.6 Å². The summed E-state index contributed by atoms with van der Waals surface area (Å²) in [6.45, 7) is 1.23. The molecule has 0 aromatic heterocycles. The highest BCUT2D eigenvalue weighted by Gasteiger charge is 2.21. The monoisotopic (exact) mass is 379 g/mol. The molecule has 1 aliphatic heterocycles. The molecule has 1 aliphatic rings. The predicted molar refractivity (Wildman–Crippen MR) is 108 cm³/mol. The van der Waals surface area contributed by atoms with E-state index in [9.17, 15) is 14.4 Å². The Morgan fingerprint density at radius 3 is 2.39 bits per heavy atom. The van der Waals surface area contributed by atoms with Crippen LogP contribution in [-0.2, 0) is 16.0 Å². The van der Waals surface area contributed by atoms with Crippen molar-refractivity contribution >= 4 is 23.4 Å². The lowest BCUT2D eigenvalue weighted by atomic mass is 10.1. The summed E-state index contributed by atoms with van der Waals surface area (Å²) in [5.41, 5.74) is 2.51. The first-order valence-electron chi connectivity index (χ1n) is 9.63. The smallest absolute Gasteiger partial charge is 0.251 e. The van der Waals surface area contributed by atoms with Crippen molar-refractivity contribution in [3.8, 4) is 0 Å². The predicted octanol–water partition coefficient (Wildman–Crippen LogP) is 2.29. The second-order valence-electron chi connectivity index (χ2n) is 6.82. The van der Waals surface area contributed by atoms with Crippen LogP contribution < -0.4 is 15.5 Å². The average Bonchev–Trinajstić information content (AvgIpc) is 3.16. The Kier molecular flexibility index (Phi) is 6.78. The van der Waals surface area contributed by atoms with Crippen LogP contribution in [0.1, 0.15) is 35.2 Å². The SMILES string of the molecule is O=C(CNC(=O)c1ccc(N2CCCC2=O)cc1)NCCCc1ccccc1. The summed E-state index contributed by atoms with van der Waals surface area (Å²) in [7, 11) is 0. The largest absolute Gasteiger partial charge is 0.355 e. The lowest BCUT2D eigenvalue weighted by molar-refractivity contribution is -0.120. The maximum absolute atomic E-state index is 12.2. The quantitative estimate of drug-likeness (QED) is 0.691. The van der Waals surface area contributed by atoms with E-state index in [1.165, 1.54) is 5.56 Å². The minimum absolute atomic E-state index is 0.0590. The van der Waals surface area contributed by atoms with E-state index in [0.717, 1.165) is 31.5 Å². The lowest BCUT2D eigenvalue weighted by Gasteiger charge is -2.15. The van der Waals surface area contributed by atoms with Crippen molar-refractivity contribution in [3.63, 3.8) is 0 Å². The van der Waals surface area contributed by atoms with Crippen LogP contribution in [0.3, 0.4) is 0 Å². The zero-order valence-electron chi connectivity index (χ0n) is 15.8. The van der Waals surface area contributed by atoms with Crippen LogP contribution in [-0.4, -0.2) is 37.4 Å². The summed E-state index contributed by atoms with van der Waals surface area (Å²) in [6, 6.07) is 17.0. The first-order chi connectivity index (χ1) is 13.6. The van der Waals surface area contributed by atoms with Gasteiger partial charge in [0.05, 0.1) is 6.54 Å². The van der Waals surface area contributed by atoms with Crippen LogP contribution in [0.2, 0.25) is 0 Å². The van der Waals surface area contributed by atoms with Crippen LogP contribution in [0.25, 0.3) is 0 Å². The van der Waals surface area contributed by atoms with Gasteiger partial charge in [-0.25, -0.2) is 0 Å². The zero-order valence-corrected chi connectivity index (χ0v) is 15.8. The third-order valence-electron chi connectivity index (χ3n) is 4.73. The third-order valence-corrected chi connectivity index (χ3v) is 4.73. The summed E-state index contributed by atoms with van der Waals surface area (Å²) >= 11 is 0. The molecule has 2 aromatic carbocycles. The van der Waals surface area contributed by atoms with Gasteiger partial charge in [-0.2, -0.15) is 0 Å². The van der Waals surface area contributed by atoms with E-state index >= 15 is 0 Å². The molecule has 28 heavy (non-hydrogen) atoms. The number of nitrogens with one attached hydrogen (secondary N) is 2. The Morgan fingerprint density at radius 1 is 0.964 bits per heavy atom. The Bertz CT molecular complexity index is 819. The highest BCUT2D eigenvalue weighted by atomic mass is 16.2. The van der Waals surface area contributed by atoms with E-state index in [0.29, 0.717) is 18.5 Å². The number of carbonyl (C=O) groups is 3. The first-order valence-corrected chi connectivity index (χ1v) is 9.63. The molecule has 0 aliphatic carbocycles. The molecule has 6 nitrogen and oxygen atoms in total. The molecule has 3 rings (SSSR count). The van der Waals surface area contributed by atoms with Crippen LogP contribution in [0.5, 0.6) is 0 Å². The van der Waals surface area contributed by atoms with Crippen LogP contribution in [0, 0.1) is 0 Å². The van der Waals surface area contributed by atoms with E-state index in [4.69, 9.17) is 0 Å². The van der Waals surface area contributed by atoms with E-state index < -0.39 is 0 Å². The van der Waals surface area contributed by atoms with Crippen LogP contribution in [0.15, 0.2) is 54.6 Å². The number of aryl methyl sites for hydroxylation is 1. The van der Waals surface area contributed by atoms with E-state index in [2.05, 4.69) is 22.8 Å². The van der Waals surface area contributed by atoms with Crippen molar-refractivity contribution < 1.29 is 14.4 Å². The van der Waals surface area contributed by atoms with Gasteiger partial charge in [-0.3, -0.25) is 14.4 Å². The number of hydrogen-bond acceptors (Lipinski definition) is 3. The van der Waals surface area contributed by atoms with Crippen molar-refractivity contribution in [1.29, 1.82) is 0 Å². The van der Waals surface area contributed by atoms with Gasteiger partial charge in [-0.15, -0.1) is 0 Å². The van der Waals surface area contributed by atoms with Gasteiger partial charge in [0, 0.05) is 30.8 Å². The minimum Gasteiger partial charge on any atom is -0.355 e. The molecule has 1 heterocycles. The fraction of sp³-hybridized carbons (Fsp3) is 0.318. The molecule has 0 atom stereocenters. The maximum Gasteiger partial charge on any atom is 0.251 e. The number of rotatable bonds is 8. The van der Waals surface area contributed by atoms with Crippen molar-refractivity contribution in [3.05, 3.63) is 65.7 Å². The van der Waals surface area contributed by atoms with E-state index in [-0.39, 0.29) is 24.3 Å². The molecule has 146 valence electrons. The molecule has 2 aromatic rings. The second kappa shape index (κ2) is 9.69. The second-order valence-corrected chi connectivity index (χ2v) is 6.82. The molecule has 1 saturated heterocycles. The molecule has 1 fully saturated rings. The molecular weight excluding hydrogens is 354 g/mol. The number of hydrogen-bond donors (Lipinski definition) is 2. The van der Waals surface area contributed by atoms with Gasteiger partial charge in [-0.1, -0.05) is 30.3 Å². The number of anilines is 1. The van der Waals surface area contributed by atoms with Gasteiger partial charge in [0.1, 0.15) is 0 Å². The Labute approximate surface area is 164 Å². The highest BCUT2D eigenvalue weighted by molar-refractivity contribution is 5.98. The Morgan fingerprint density at radius 2 is 1.71 bits per heavy atom. The van der Waals surface area contributed by atoms with E-state index in [1.807, 2.05) is 18.2 Å². The summed E-state index contributed by atoms with van der Waals surface area (Å²) in [5.74, 6) is -0.402. The molecule has 6 heteroatoms. The number of carbonyl (C=O) groups excluding carboxylic acids is 3. The van der Waals surface area contributed by atoms with Crippen molar-refractivity contribution in [2.45, 2.75) is 25.7 Å². The average molecular weight is 379 g/mol. The standard InChI is InChI=1S/C22H25N3O3/c26-20(23-14-4-8-17-6-2-1-3-7-17)16-24-22(28)18-10-12-19(13-11-18)25-15-5-9-21(25)27/h1-3,6-7,10-13H,4-5,8-9,14-16H2,(H,23,26)(H,24,28). The van der Waals surface area contributed by atoms with Gasteiger partial charge >= 0.3 is 0 Å². The Hall–Kier alpha value is -3.15. The van der Waals surface area contributed by atoms with Gasteiger partial charge in [0.15, 0.2) is 0 Å². The lowest BCUT2D eigenvalue weighted by Crippen LogP contribution is -2.37.